The molecule has 172 valence electrons. The topological polar surface area (TPSA) is 77.7 Å². The fourth-order valence-corrected chi connectivity index (χ4v) is 3.90. The Morgan fingerprint density at radius 3 is 2.42 bits per heavy atom. The lowest BCUT2D eigenvalue weighted by molar-refractivity contribution is 0.108. The molecule has 0 radical (unpaired) electrons. The highest BCUT2D eigenvalue weighted by Crippen LogP contribution is 2.21. The molecule has 0 saturated carbocycles. The summed E-state index contributed by atoms with van der Waals surface area (Å²) in [5, 5.41) is 14.0. The van der Waals surface area contributed by atoms with Gasteiger partial charge in [-0.05, 0) is 41.5 Å². The van der Waals surface area contributed by atoms with Gasteiger partial charge in [0.15, 0.2) is 0 Å². The number of aromatic nitrogens is 2. The van der Waals surface area contributed by atoms with Gasteiger partial charge in [0, 0.05) is 32.7 Å². The Kier molecular flexibility index (Phi) is 6.82. The smallest absolute Gasteiger partial charge is 0.328 e. The molecule has 7 heteroatoms. The average Bonchev–Trinajstić information content (AvgIpc) is 3.07. The number of aryl methyl sites for hydroxylation is 2. The number of hydrogen-bond acceptors (Lipinski definition) is 5. The van der Waals surface area contributed by atoms with Crippen molar-refractivity contribution in [1.82, 2.24) is 14.5 Å². The van der Waals surface area contributed by atoms with Crippen LogP contribution in [0.25, 0.3) is 11.0 Å². The Hall–Kier alpha value is -3.55. The van der Waals surface area contributed by atoms with Gasteiger partial charge in [-0.25, -0.2) is 4.79 Å². The Morgan fingerprint density at radius 2 is 1.67 bits per heavy atom. The fourth-order valence-electron chi connectivity index (χ4n) is 3.90. The number of fused-ring (bicyclic) bond motifs is 1. The molecule has 0 amide bonds. The maximum atomic E-state index is 12.1. The van der Waals surface area contributed by atoms with Crippen LogP contribution in [0.1, 0.15) is 22.8 Å². The van der Waals surface area contributed by atoms with Gasteiger partial charge in [-0.15, -0.1) is 0 Å². The molecule has 1 heterocycles. The second-order valence-electron chi connectivity index (χ2n) is 8.03. The van der Waals surface area contributed by atoms with E-state index in [0.717, 1.165) is 34.5 Å². The summed E-state index contributed by atoms with van der Waals surface area (Å²) in [6, 6.07) is 21.3. The molecule has 7 nitrogen and oxygen atoms in total. The van der Waals surface area contributed by atoms with E-state index in [1.807, 2.05) is 66.7 Å². The van der Waals surface area contributed by atoms with Crippen molar-refractivity contribution >= 4 is 11.0 Å². The van der Waals surface area contributed by atoms with E-state index in [1.165, 1.54) is 0 Å². The van der Waals surface area contributed by atoms with Crippen molar-refractivity contribution < 1.29 is 14.6 Å². The van der Waals surface area contributed by atoms with Crippen molar-refractivity contribution in [3.05, 3.63) is 93.9 Å². The summed E-state index contributed by atoms with van der Waals surface area (Å²) in [5.41, 5.74) is 4.47. The molecule has 0 aliphatic heterocycles. The van der Waals surface area contributed by atoms with Gasteiger partial charge < -0.3 is 19.9 Å². The van der Waals surface area contributed by atoms with Crippen LogP contribution in [-0.2, 0) is 27.2 Å². The first-order valence-electron chi connectivity index (χ1n) is 10.9. The number of rotatable bonds is 9. The van der Waals surface area contributed by atoms with Crippen molar-refractivity contribution in [3.63, 3.8) is 0 Å². The normalized spacial score (nSPS) is 12.1. The lowest BCUT2D eigenvalue weighted by Gasteiger charge is -2.14. The van der Waals surface area contributed by atoms with Gasteiger partial charge in [0.1, 0.15) is 24.2 Å². The molecule has 0 unspecified atom stereocenters. The summed E-state index contributed by atoms with van der Waals surface area (Å²) in [6.07, 6.45) is -0.799. The number of aliphatic hydroxyl groups excluding tert-OH is 1. The lowest BCUT2D eigenvalue weighted by Crippen LogP contribution is -2.19. The van der Waals surface area contributed by atoms with Crippen molar-refractivity contribution in [2.45, 2.75) is 19.2 Å². The second-order valence-corrected chi connectivity index (χ2v) is 8.03. The van der Waals surface area contributed by atoms with Crippen LogP contribution in [0.4, 0.5) is 0 Å². The first-order valence-corrected chi connectivity index (χ1v) is 10.9. The van der Waals surface area contributed by atoms with Gasteiger partial charge in [-0.3, -0.25) is 9.13 Å². The largest absolute Gasteiger partial charge is 0.496 e. The summed E-state index contributed by atoms with van der Waals surface area (Å²) < 4.78 is 14.3. The predicted molar refractivity (Wildman–Crippen MR) is 129 cm³/mol. The van der Waals surface area contributed by atoms with Crippen LogP contribution in [0, 0.1) is 0 Å². The third-order valence-corrected chi connectivity index (χ3v) is 5.85. The zero-order chi connectivity index (χ0) is 23.4. The van der Waals surface area contributed by atoms with Crippen LogP contribution in [0.5, 0.6) is 11.5 Å². The summed E-state index contributed by atoms with van der Waals surface area (Å²) in [6.45, 7) is 1.56. The SMILES string of the molecule is COc1ccccc1CNCc1ccc(OC[C@H](O)c2ccc3c(c2)n(C)c(=O)n3C)cc1. The van der Waals surface area contributed by atoms with Crippen LogP contribution in [-0.4, -0.2) is 28.0 Å². The summed E-state index contributed by atoms with van der Waals surface area (Å²) in [7, 11) is 5.14. The monoisotopic (exact) mass is 447 g/mol. The molecule has 1 aromatic heterocycles. The van der Waals surface area contributed by atoms with E-state index in [4.69, 9.17) is 9.47 Å². The molecule has 3 aromatic carbocycles. The fraction of sp³-hybridized carbons (Fsp3) is 0.269. The maximum absolute atomic E-state index is 12.1. The molecule has 0 aliphatic carbocycles. The van der Waals surface area contributed by atoms with E-state index < -0.39 is 6.10 Å². The van der Waals surface area contributed by atoms with Crippen molar-refractivity contribution in [3.8, 4) is 11.5 Å². The number of benzene rings is 3. The summed E-state index contributed by atoms with van der Waals surface area (Å²) in [4.78, 5) is 12.1. The minimum absolute atomic E-state index is 0.0922. The highest BCUT2D eigenvalue weighted by Gasteiger charge is 2.13. The Bertz CT molecular complexity index is 1290. The lowest BCUT2D eigenvalue weighted by atomic mass is 10.1. The highest BCUT2D eigenvalue weighted by molar-refractivity contribution is 5.77. The number of ether oxygens (including phenoxy) is 2. The van der Waals surface area contributed by atoms with Crippen LogP contribution in [0.3, 0.4) is 0 Å². The van der Waals surface area contributed by atoms with Crippen LogP contribution >= 0.6 is 0 Å². The van der Waals surface area contributed by atoms with Gasteiger partial charge in [-0.1, -0.05) is 36.4 Å². The van der Waals surface area contributed by atoms with Gasteiger partial charge >= 0.3 is 5.69 Å². The second kappa shape index (κ2) is 9.94. The third kappa shape index (κ3) is 4.94. The van der Waals surface area contributed by atoms with Gasteiger partial charge in [0.05, 0.1) is 18.1 Å². The number of methoxy groups -OCH3 is 1. The van der Waals surface area contributed by atoms with E-state index in [9.17, 15) is 9.90 Å². The van der Waals surface area contributed by atoms with Crippen LogP contribution in [0.15, 0.2) is 71.5 Å². The Labute approximate surface area is 192 Å². The van der Waals surface area contributed by atoms with Crippen molar-refractivity contribution in [2.24, 2.45) is 14.1 Å². The number of aliphatic hydroxyl groups is 1. The van der Waals surface area contributed by atoms with Gasteiger partial charge in [-0.2, -0.15) is 0 Å². The van der Waals surface area contributed by atoms with E-state index in [0.29, 0.717) is 17.9 Å². The predicted octanol–water partition coefficient (Wildman–Crippen LogP) is 3.29. The Balaban J connectivity index is 1.31. The molecular formula is C26H29N3O4. The van der Waals surface area contributed by atoms with Crippen LogP contribution in [0.2, 0.25) is 0 Å². The standard InChI is InChI=1S/C26H29N3O4/c1-28-22-13-10-19(14-23(22)29(2)26(28)31)24(30)17-33-21-11-8-18(9-12-21)15-27-16-20-6-4-5-7-25(20)32-3/h4-14,24,27,30H,15-17H2,1-3H3/t24-/m0/s1. The zero-order valence-electron chi connectivity index (χ0n) is 19.1. The Morgan fingerprint density at radius 1 is 0.939 bits per heavy atom. The molecule has 4 rings (SSSR count). The van der Waals surface area contributed by atoms with Gasteiger partial charge in [0.2, 0.25) is 0 Å². The van der Waals surface area contributed by atoms with E-state index in [2.05, 4.69) is 5.32 Å². The molecule has 33 heavy (non-hydrogen) atoms. The first-order chi connectivity index (χ1) is 16.0. The molecule has 1 atom stereocenters. The quantitative estimate of drug-likeness (QED) is 0.412. The van der Waals surface area contributed by atoms with E-state index in [1.54, 1.807) is 30.3 Å². The molecule has 2 N–H and O–H groups in total. The third-order valence-electron chi connectivity index (χ3n) is 5.85. The van der Waals surface area contributed by atoms with E-state index >= 15 is 0 Å². The molecule has 0 saturated heterocycles. The van der Waals surface area contributed by atoms with Crippen LogP contribution < -0.4 is 20.5 Å². The molecule has 0 fully saturated rings. The van der Waals surface area contributed by atoms with Gasteiger partial charge in [0.25, 0.3) is 0 Å². The summed E-state index contributed by atoms with van der Waals surface area (Å²) >= 11 is 0. The average molecular weight is 448 g/mol. The number of para-hydroxylation sites is 1. The number of hydrogen-bond donors (Lipinski definition) is 2. The maximum Gasteiger partial charge on any atom is 0.328 e. The summed E-state index contributed by atoms with van der Waals surface area (Å²) in [5.74, 6) is 1.57. The highest BCUT2D eigenvalue weighted by atomic mass is 16.5. The first kappa shape index (κ1) is 22.6. The van der Waals surface area contributed by atoms with Crippen molar-refractivity contribution in [1.29, 1.82) is 0 Å². The minimum atomic E-state index is -0.799. The molecule has 0 bridgehead atoms. The van der Waals surface area contributed by atoms with Crippen molar-refractivity contribution in [2.75, 3.05) is 13.7 Å². The van der Waals surface area contributed by atoms with E-state index in [-0.39, 0.29) is 12.3 Å². The molecular weight excluding hydrogens is 418 g/mol. The number of nitrogens with one attached hydrogen (secondary N) is 1. The molecule has 0 aliphatic rings. The zero-order valence-corrected chi connectivity index (χ0v) is 19.1. The molecule has 4 aromatic rings. The minimum Gasteiger partial charge on any atom is -0.496 e. The molecule has 0 spiro atoms. The number of imidazole rings is 1. The number of nitrogens with zero attached hydrogens (tertiary/aromatic N) is 2.